The van der Waals surface area contributed by atoms with Crippen molar-refractivity contribution in [2.45, 2.75) is 13.0 Å². The van der Waals surface area contributed by atoms with E-state index in [0.717, 1.165) is 5.56 Å². The molecule has 2 rings (SSSR count). The summed E-state index contributed by atoms with van der Waals surface area (Å²) >= 11 is 0. The molecule has 1 amide bonds. The molecule has 0 fully saturated rings. The van der Waals surface area contributed by atoms with Gasteiger partial charge in [-0.2, -0.15) is 0 Å². The number of nitrogens with two attached hydrogens (primary N) is 1. The van der Waals surface area contributed by atoms with Gasteiger partial charge in [-0.15, -0.1) is 0 Å². The highest BCUT2D eigenvalue weighted by Gasteiger charge is 2.17. The molecule has 0 aliphatic heterocycles. The van der Waals surface area contributed by atoms with Gasteiger partial charge in [0.2, 0.25) is 5.91 Å². The maximum Gasteiger partial charge on any atom is 0.335 e. The van der Waals surface area contributed by atoms with Crippen LogP contribution in [0.5, 0.6) is 0 Å². The number of hydrogen-bond donors (Lipinski definition) is 3. The summed E-state index contributed by atoms with van der Waals surface area (Å²) in [5.41, 5.74) is 7.94. The van der Waals surface area contributed by atoms with Crippen molar-refractivity contribution in [1.29, 1.82) is 0 Å². The summed E-state index contributed by atoms with van der Waals surface area (Å²) in [6, 6.07) is 12.7. The van der Waals surface area contributed by atoms with Crippen molar-refractivity contribution in [2.75, 3.05) is 5.32 Å². The zero-order valence-electron chi connectivity index (χ0n) is 11.5. The number of carbonyl (C=O) groups excluding carboxylic acids is 1. The molecule has 0 aliphatic carbocycles. The summed E-state index contributed by atoms with van der Waals surface area (Å²) in [5, 5.41) is 11.7. The number of rotatable bonds is 4. The van der Waals surface area contributed by atoms with Gasteiger partial charge in [0.15, 0.2) is 0 Å². The van der Waals surface area contributed by atoms with Crippen molar-refractivity contribution < 1.29 is 14.7 Å². The van der Waals surface area contributed by atoms with Gasteiger partial charge < -0.3 is 16.2 Å². The number of nitrogens with one attached hydrogen (secondary N) is 1. The second kappa shape index (κ2) is 6.19. The topological polar surface area (TPSA) is 92.4 Å². The predicted molar refractivity (Wildman–Crippen MR) is 80.1 cm³/mol. The van der Waals surface area contributed by atoms with Gasteiger partial charge in [-0.05, 0) is 30.2 Å². The average Bonchev–Trinajstić information content (AvgIpc) is 2.49. The maximum atomic E-state index is 12.2. The molecule has 0 heterocycles. The summed E-state index contributed by atoms with van der Waals surface area (Å²) < 4.78 is 0. The summed E-state index contributed by atoms with van der Waals surface area (Å²) in [7, 11) is 0. The molecule has 4 N–H and O–H groups in total. The minimum atomic E-state index is -1.04. The Morgan fingerprint density at radius 3 is 2.43 bits per heavy atom. The maximum absolute atomic E-state index is 12.2. The Hall–Kier alpha value is -2.66. The van der Waals surface area contributed by atoms with Crippen molar-refractivity contribution in [3.8, 4) is 0 Å². The van der Waals surface area contributed by atoms with Gasteiger partial charge >= 0.3 is 5.97 Å². The van der Waals surface area contributed by atoms with Gasteiger partial charge in [-0.1, -0.05) is 36.4 Å². The van der Waals surface area contributed by atoms with Gasteiger partial charge in [0.05, 0.1) is 5.56 Å². The van der Waals surface area contributed by atoms with E-state index in [0.29, 0.717) is 11.3 Å². The van der Waals surface area contributed by atoms with Crippen molar-refractivity contribution in [3.05, 3.63) is 65.2 Å². The fraction of sp³-hybridized carbons (Fsp3) is 0.125. The summed E-state index contributed by atoms with van der Waals surface area (Å²) in [5.74, 6) is -1.43. The highest BCUT2D eigenvalue weighted by atomic mass is 16.4. The molecule has 2 aromatic carbocycles. The minimum absolute atomic E-state index is 0.115. The van der Waals surface area contributed by atoms with Crippen molar-refractivity contribution in [1.82, 2.24) is 0 Å². The van der Waals surface area contributed by atoms with E-state index in [1.54, 1.807) is 37.3 Å². The highest BCUT2D eigenvalue weighted by Crippen LogP contribution is 2.19. The summed E-state index contributed by atoms with van der Waals surface area (Å²) in [4.78, 5) is 23.1. The minimum Gasteiger partial charge on any atom is -0.478 e. The van der Waals surface area contributed by atoms with Gasteiger partial charge in [-0.3, -0.25) is 4.79 Å². The van der Waals surface area contributed by atoms with Crippen molar-refractivity contribution in [2.24, 2.45) is 5.73 Å². The number of hydrogen-bond acceptors (Lipinski definition) is 3. The van der Waals surface area contributed by atoms with Crippen LogP contribution in [0.3, 0.4) is 0 Å². The van der Waals surface area contributed by atoms with E-state index in [9.17, 15) is 9.59 Å². The fourth-order valence-corrected chi connectivity index (χ4v) is 1.91. The molecular weight excluding hydrogens is 268 g/mol. The van der Waals surface area contributed by atoms with Crippen LogP contribution >= 0.6 is 0 Å². The SMILES string of the molecule is Cc1ccc(C(=O)O)cc1NC(=O)C(N)c1ccccc1. The molecule has 0 bridgehead atoms. The highest BCUT2D eigenvalue weighted by molar-refractivity contribution is 5.97. The van der Waals surface area contributed by atoms with Crippen molar-refractivity contribution in [3.63, 3.8) is 0 Å². The Morgan fingerprint density at radius 2 is 1.81 bits per heavy atom. The standard InChI is InChI=1S/C16H16N2O3/c1-10-7-8-12(16(20)21)9-13(10)18-15(19)14(17)11-5-3-2-4-6-11/h2-9,14H,17H2,1H3,(H,18,19)(H,20,21). The van der Waals surface area contributed by atoms with E-state index in [1.807, 2.05) is 6.07 Å². The first kappa shape index (κ1) is 14.7. The Labute approximate surface area is 122 Å². The molecule has 0 radical (unpaired) electrons. The van der Waals surface area contributed by atoms with Crippen LogP contribution in [0.25, 0.3) is 0 Å². The van der Waals surface area contributed by atoms with Crippen LogP contribution in [0.4, 0.5) is 5.69 Å². The van der Waals surface area contributed by atoms with Crippen LogP contribution in [-0.2, 0) is 4.79 Å². The first-order valence-corrected chi connectivity index (χ1v) is 6.44. The lowest BCUT2D eigenvalue weighted by Gasteiger charge is -2.14. The zero-order valence-corrected chi connectivity index (χ0v) is 11.5. The van der Waals surface area contributed by atoms with Crippen LogP contribution in [0.1, 0.15) is 27.5 Å². The molecule has 1 unspecified atom stereocenters. The Morgan fingerprint density at radius 1 is 1.14 bits per heavy atom. The average molecular weight is 284 g/mol. The third-order valence-corrected chi connectivity index (χ3v) is 3.18. The van der Waals surface area contributed by atoms with Crippen LogP contribution in [0, 0.1) is 6.92 Å². The smallest absolute Gasteiger partial charge is 0.335 e. The van der Waals surface area contributed by atoms with E-state index in [4.69, 9.17) is 10.8 Å². The van der Waals surface area contributed by atoms with Gasteiger partial charge in [0, 0.05) is 5.69 Å². The molecule has 0 saturated heterocycles. The molecule has 0 aliphatic rings. The van der Waals surface area contributed by atoms with Crippen LogP contribution in [0.15, 0.2) is 48.5 Å². The normalized spacial score (nSPS) is 11.7. The van der Waals surface area contributed by atoms with E-state index in [2.05, 4.69) is 5.32 Å². The lowest BCUT2D eigenvalue weighted by atomic mass is 10.1. The summed E-state index contributed by atoms with van der Waals surface area (Å²) in [6.07, 6.45) is 0. The molecule has 2 aromatic rings. The number of aromatic carboxylic acids is 1. The summed E-state index contributed by atoms with van der Waals surface area (Å²) in [6.45, 7) is 1.79. The van der Waals surface area contributed by atoms with Crippen LogP contribution in [-0.4, -0.2) is 17.0 Å². The van der Waals surface area contributed by atoms with E-state index in [1.165, 1.54) is 12.1 Å². The monoisotopic (exact) mass is 284 g/mol. The van der Waals surface area contributed by atoms with Crippen molar-refractivity contribution >= 4 is 17.6 Å². The Balaban J connectivity index is 2.20. The quantitative estimate of drug-likeness (QED) is 0.803. The van der Waals surface area contributed by atoms with Crippen LogP contribution < -0.4 is 11.1 Å². The third kappa shape index (κ3) is 3.46. The first-order chi connectivity index (χ1) is 9.99. The number of amides is 1. The van der Waals surface area contributed by atoms with E-state index in [-0.39, 0.29) is 11.5 Å². The number of benzene rings is 2. The molecule has 5 nitrogen and oxygen atoms in total. The van der Waals surface area contributed by atoms with E-state index >= 15 is 0 Å². The van der Waals surface area contributed by atoms with Gasteiger partial charge in [-0.25, -0.2) is 4.79 Å². The molecular formula is C16H16N2O3. The zero-order chi connectivity index (χ0) is 15.4. The number of carbonyl (C=O) groups is 2. The largest absolute Gasteiger partial charge is 0.478 e. The van der Waals surface area contributed by atoms with Crippen LogP contribution in [0.2, 0.25) is 0 Å². The number of anilines is 1. The third-order valence-electron chi connectivity index (χ3n) is 3.18. The Kier molecular flexibility index (Phi) is 4.35. The second-order valence-corrected chi connectivity index (χ2v) is 4.71. The second-order valence-electron chi connectivity index (χ2n) is 4.71. The lowest BCUT2D eigenvalue weighted by molar-refractivity contribution is -0.117. The number of aryl methyl sites for hydroxylation is 1. The molecule has 0 aromatic heterocycles. The molecule has 0 saturated carbocycles. The van der Waals surface area contributed by atoms with Gasteiger partial charge in [0.25, 0.3) is 0 Å². The fourth-order valence-electron chi connectivity index (χ4n) is 1.91. The molecule has 21 heavy (non-hydrogen) atoms. The number of carboxylic acid groups (broad SMARTS) is 1. The molecule has 5 heteroatoms. The van der Waals surface area contributed by atoms with E-state index < -0.39 is 12.0 Å². The first-order valence-electron chi connectivity index (χ1n) is 6.44. The Bertz CT molecular complexity index is 668. The molecule has 108 valence electrons. The number of carboxylic acids is 1. The molecule has 1 atom stereocenters. The lowest BCUT2D eigenvalue weighted by Crippen LogP contribution is -2.28. The van der Waals surface area contributed by atoms with Gasteiger partial charge in [0.1, 0.15) is 6.04 Å². The predicted octanol–water partition coefficient (Wildman–Crippen LogP) is 2.33. The molecule has 0 spiro atoms.